The zero-order valence-electron chi connectivity index (χ0n) is 19.2. The molecule has 0 aromatic carbocycles. The largest absolute Gasteiger partial charge is 0.481 e. The molecule has 0 aliphatic carbocycles. The highest BCUT2D eigenvalue weighted by Crippen LogP contribution is 2.05. The first-order valence-corrected chi connectivity index (χ1v) is 10.8. The molecule has 0 spiro atoms. The average Bonchev–Trinajstić information content (AvgIpc) is 2.73. The van der Waals surface area contributed by atoms with Crippen LogP contribution in [-0.2, 0) is 24.0 Å². The number of guanidine groups is 1. The summed E-state index contributed by atoms with van der Waals surface area (Å²) < 4.78 is 0. The molecular formula is C19H36N8O7. The van der Waals surface area contributed by atoms with Gasteiger partial charge in [-0.05, 0) is 45.6 Å². The van der Waals surface area contributed by atoms with Gasteiger partial charge in [0, 0.05) is 6.54 Å². The molecule has 0 heterocycles. The quantitative estimate of drug-likeness (QED) is 0.0550. The van der Waals surface area contributed by atoms with Crippen molar-refractivity contribution in [3.05, 3.63) is 0 Å². The van der Waals surface area contributed by atoms with E-state index in [1.54, 1.807) is 0 Å². The number of rotatable bonds is 17. The van der Waals surface area contributed by atoms with Crippen molar-refractivity contribution < 1.29 is 34.2 Å². The van der Waals surface area contributed by atoms with Crippen LogP contribution in [0.3, 0.4) is 0 Å². The number of carboxylic acids is 2. The highest BCUT2D eigenvalue weighted by molar-refractivity contribution is 5.95. The summed E-state index contributed by atoms with van der Waals surface area (Å²) in [6.07, 6.45) is 0.547. The molecule has 15 heteroatoms. The van der Waals surface area contributed by atoms with Crippen molar-refractivity contribution in [1.29, 1.82) is 0 Å². The number of carboxylic acid groups (broad SMARTS) is 2. The van der Waals surface area contributed by atoms with Crippen LogP contribution in [0.5, 0.6) is 0 Å². The maximum Gasteiger partial charge on any atom is 0.326 e. The number of aliphatic carboxylic acids is 2. The first-order valence-electron chi connectivity index (χ1n) is 10.8. The van der Waals surface area contributed by atoms with Crippen LogP contribution in [0.15, 0.2) is 4.99 Å². The highest BCUT2D eigenvalue weighted by atomic mass is 16.4. The summed E-state index contributed by atoms with van der Waals surface area (Å²) in [4.78, 5) is 63.9. The van der Waals surface area contributed by atoms with Gasteiger partial charge >= 0.3 is 11.9 Å². The second-order valence-corrected chi connectivity index (χ2v) is 7.64. The number of nitrogens with one attached hydrogen (secondary N) is 3. The standard InChI is InChI=1S/C19H36N8O7/c1-10(21)15(30)25-11(6-4-8-24-19(22)23)16(31)27-13(9-14(28)29)17(32)26-12(18(33)34)5-2-3-7-20/h10-13H,2-9,20-21H2,1H3,(H,25,30)(H,26,32)(H,27,31)(H,28,29)(H,33,34)(H4,22,23,24). The lowest BCUT2D eigenvalue weighted by Gasteiger charge is -2.24. The Hall–Kier alpha value is -3.46. The molecule has 0 saturated carbocycles. The Labute approximate surface area is 197 Å². The first-order chi connectivity index (χ1) is 15.9. The van der Waals surface area contributed by atoms with Crippen LogP contribution >= 0.6 is 0 Å². The van der Waals surface area contributed by atoms with Gasteiger partial charge in [0.1, 0.15) is 18.1 Å². The molecule has 13 N–H and O–H groups in total. The molecule has 3 amide bonds. The second-order valence-electron chi connectivity index (χ2n) is 7.64. The van der Waals surface area contributed by atoms with E-state index in [1.165, 1.54) is 6.92 Å². The Morgan fingerprint density at radius 2 is 1.35 bits per heavy atom. The summed E-state index contributed by atoms with van der Waals surface area (Å²) in [5, 5.41) is 25.4. The van der Waals surface area contributed by atoms with Gasteiger partial charge in [-0.2, -0.15) is 0 Å². The van der Waals surface area contributed by atoms with Crippen LogP contribution in [0.2, 0.25) is 0 Å². The zero-order chi connectivity index (χ0) is 26.3. The van der Waals surface area contributed by atoms with E-state index in [0.717, 1.165) is 0 Å². The van der Waals surface area contributed by atoms with E-state index in [-0.39, 0.29) is 31.8 Å². The predicted molar refractivity (Wildman–Crippen MR) is 122 cm³/mol. The number of amides is 3. The minimum atomic E-state index is -1.59. The van der Waals surface area contributed by atoms with Crippen molar-refractivity contribution in [2.24, 2.45) is 27.9 Å². The Balaban J connectivity index is 5.44. The molecule has 4 unspecified atom stereocenters. The van der Waals surface area contributed by atoms with E-state index in [9.17, 15) is 29.1 Å². The number of hydrogen-bond acceptors (Lipinski definition) is 8. The van der Waals surface area contributed by atoms with Crippen LogP contribution in [0.25, 0.3) is 0 Å². The fourth-order valence-electron chi connectivity index (χ4n) is 2.75. The van der Waals surface area contributed by atoms with Gasteiger partial charge in [-0.3, -0.25) is 24.2 Å². The summed E-state index contributed by atoms with van der Waals surface area (Å²) >= 11 is 0. The molecular weight excluding hydrogens is 452 g/mol. The molecule has 15 nitrogen and oxygen atoms in total. The molecule has 34 heavy (non-hydrogen) atoms. The van der Waals surface area contributed by atoms with E-state index >= 15 is 0 Å². The van der Waals surface area contributed by atoms with Gasteiger partial charge in [0.25, 0.3) is 0 Å². The fraction of sp³-hybridized carbons (Fsp3) is 0.684. The molecule has 0 saturated heterocycles. The van der Waals surface area contributed by atoms with Gasteiger partial charge in [-0.1, -0.05) is 0 Å². The van der Waals surface area contributed by atoms with Crippen LogP contribution in [0.1, 0.15) is 45.4 Å². The molecule has 0 bridgehead atoms. The monoisotopic (exact) mass is 488 g/mol. The molecule has 0 aromatic heterocycles. The Kier molecular flexibility index (Phi) is 14.6. The van der Waals surface area contributed by atoms with Gasteiger partial charge in [-0.25, -0.2) is 4.79 Å². The molecule has 194 valence electrons. The summed E-state index contributed by atoms with van der Waals surface area (Å²) in [5.41, 5.74) is 21.4. The van der Waals surface area contributed by atoms with E-state index in [4.69, 9.17) is 28.0 Å². The van der Waals surface area contributed by atoms with Crippen LogP contribution < -0.4 is 38.9 Å². The normalized spacial score (nSPS) is 14.1. The summed E-state index contributed by atoms with van der Waals surface area (Å²) in [6, 6.07) is -4.98. The van der Waals surface area contributed by atoms with Gasteiger partial charge in [-0.15, -0.1) is 0 Å². The topological polar surface area (TPSA) is 278 Å². The minimum absolute atomic E-state index is 0.0549. The van der Waals surface area contributed by atoms with Crippen molar-refractivity contribution >= 4 is 35.6 Å². The van der Waals surface area contributed by atoms with Gasteiger partial charge in [0.2, 0.25) is 17.7 Å². The number of carbonyl (C=O) groups is 5. The maximum atomic E-state index is 12.8. The number of aliphatic imine (C=N–C) groups is 1. The lowest BCUT2D eigenvalue weighted by Crippen LogP contribution is -2.57. The molecule has 4 atom stereocenters. The van der Waals surface area contributed by atoms with E-state index < -0.39 is 60.2 Å². The fourth-order valence-corrected chi connectivity index (χ4v) is 2.75. The highest BCUT2D eigenvalue weighted by Gasteiger charge is 2.31. The Morgan fingerprint density at radius 1 is 0.824 bits per heavy atom. The summed E-state index contributed by atoms with van der Waals surface area (Å²) in [5.74, 6) is -5.36. The number of hydrogen-bond donors (Lipinski definition) is 9. The van der Waals surface area contributed by atoms with Crippen LogP contribution in [0.4, 0.5) is 0 Å². The summed E-state index contributed by atoms with van der Waals surface area (Å²) in [6.45, 7) is 1.90. The molecule has 0 radical (unpaired) electrons. The van der Waals surface area contributed by atoms with Crippen LogP contribution in [0, 0.1) is 0 Å². The lowest BCUT2D eigenvalue weighted by atomic mass is 10.1. The zero-order valence-corrected chi connectivity index (χ0v) is 19.2. The molecule has 0 aromatic rings. The third kappa shape index (κ3) is 13.2. The third-order valence-corrected chi connectivity index (χ3v) is 4.57. The number of nitrogens with two attached hydrogens (primary N) is 4. The van der Waals surface area contributed by atoms with Crippen molar-refractivity contribution in [1.82, 2.24) is 16.0 Å². The number of nitrogens with zero attached hydrogens (tertiary/aromatic N) is 1. The molecule has 0 aliphatic rings. The predicted octanol–water partition coefficient (Wildman–Crippen LogP) is -3.47. The maximum absolute atomic E-state index is 12.8. The SMILES string of the molecule is CC(N)C(=O)NC(CCCN=C(N)N)C(=O)NC(CC(=O)O)C(=O)NC(CCCCN)C(=O)O. The Morgan fingerprint density at radius 3 is 1.85 bits per heavy atom. The van der Waals surface area contributed by atoms with Gasteiger partial charge < -0.3 is 49.1 Å². The average molecular weight is 489 g/mol. The smallest absolute Gasteiger partial charge is 0.326 e. The van der Waals surface area contributed by atoms with E-state index in [0.29, 0.717) is 19.4 Å². The Bertz CT molecular complexity index is 740. The van der Waals surface area contributed by atoms with Crippen LogP contribution in [-0.4, -0.2) is 83.1 Å². The van der Waals surface area contributed by atoms with Gasteiger partial charge in [0.15, 0.2) is 5.96 Å². The van der Waals surface area contributed by atoms with Crippen molar-refractivity contribution in [3.8, 4) is 0 Å². The molecule has 0 aliphatic heterocycles. The van der Waals surface area contributed by atoms with E-state index in [2.05, 4.69) is 20.9 Å². The van der Waals surface area contributed by atoms with E-state index in [1.807, 2.05) is 0 Å². The number of carbonyl (C=O) groups excluding carboxylic acids is 3. The molecule has 0 fully saturated rings. The van der Waals surface area contributed by atoms with Crippen molar-refractivity contribution in [2.75, 3.05) is 13.1 Å². The van der Waals surface area contributed by atoms with Crippen molar-refractivity contribution in [2.45, 2.75) is 69.6 Å². The second kappa shape index (κ2) is 16.2. The minimum Gasteiger partial charge on any atom is -0.481 e. The lowest BCUT2D eigenvalue weighted by molar-refractivity contribution is -0.143. The number of unbranched alkanes of at least 4 members (excludes halogenated alkanes) is 1. The van der Waals surface area contributed by atoms with Crippen molar-refractivity contribution in [3.63, 3.8) is 0 Å². The first kappa shape index (κ1) is 30.5. The summed E-state index contributed by atoms with van der Waals surface area (Å²) in [7, 11) is 0. The molecule has 0 rings (SSSR count). The van der Waals surface area contributed by atoms with Gasteiger partial charge in [0.05, 0.1) is 12.5 Å². The third-order valence-electron chi connectivity index (χ3n) is 4.57.